The zero-order chi connectivity index (χ0) is 14.4. The number of hydrogen-bond donors (Lipinski definition) is 1. The predicted octanol–water partition coefficient (Wildman–Crippen LogP) is 3.14. The van der Waals surface area contributed by atoms with Crippen LogP contribution in [0.5, 0.6) is 0 Å². The molecule has 1 aliphatic rings. The summed E-state index contributed by atoms with van der Waals surface area (Å²) in [5, 5.41) is 3.05. The molecule has 1 N–H and O–H groups in total. The van der Waals surface area contributed by atoms with Gasteiger partial charge in [-0.05, 0) is 50.7 Å². The maximum atomic E-state index is 11.8. The minimum Gasteiger partial charge on any atom is -0.355 e. The molecule has 1 heterocycles. The van der Waals surface area contributed by atoms with Gasteiger partial charge < -0.3 is 10.2 Å². The van der Waals surface area contributed by atoms with E-state index >= 15 is 0 Å². The molecule has 1 atom stereocenters. The summed E-state index contributed by atoms with van der Waals surface area (Å²) in [7, 11) is 2.13. The van der Waals surface area contributed by atoms with E-state index in [0.717, 1.165) is 23.3 Å². The van der Waals surface area contributed by atoms with Gasteiger partial charge in [-0.3, -0.25) is 4.79 Å². The standard InChI is InChI=1S/C15H21BrN2OS/c1-18-9-2-3-13(18)11-17-15(19)8-10-20-14-6-4-12(16)5-7-14/h4-7,13H,2-3,8-11H2,1H3,(H,17,19)/t13-/m1/s1. The SMILES string of the molecule is CN1CCC[C@@H]1CNC(=O)CCSc1ccc(Br)cc1. The van der Waals surface area contributed by atoms with Crippen molar-refractivity contribution in [2.75, 3.05) is 25.9 Å². The predicted molar refractivity (Wildman–Crippen MR) is 88.1 cm³/mol. The van der Waals surface area contributed by atoms with Gasteiger partial charge in [0.05, 0.1) is 0 Å². The lowest BCUT2D eigenvalue weighted by atomic mass is 10.2. The second-order valence-corrected chi connectivity index (χ2v) is 7.22. The fourth-order valence-corrected chi connectivity index (χ4v) is 3.47. The van der Waals surface area contributed by atoms with E-state index in [2.05, 4.69) is 45.3 Å². The highest BCUT2D eigenvalue weighted by atomic mass is 79.9. The molecule has 0 unspecified atom stereocenters. The van der Waals surface area contributed by atoms with E-state index < -0.39 is 0 Å². The van der Waals surface area contributed by atoms with Crippen molar-refractivity contribution < 1.29 is 4.79 Å². The first-order valence-corrected chi connectivity index (χ1v) is 8.78. The summed E-state index contributed by atoms with van der Waals surface area (Å²) in [5.74, 6) is 0.989. The normalized spacial score (nSPS) is 19.2. The zero-order valence-corrected chi connectivity index (χ0v) is 14.2. The zero-order valence-electron chi connectivity index (χ0n) is 11.8. The monoisotopic (exact) mass is 356 g/mol. The molecule has 0 radical (unpaired) electrons. The molecule has 0 saturated carbocycles. The molecule has 0 aliphatic carbocycles. The number of nitrogens with one attached hydrogen (secondary N) is 1. The van der Waals surface area contributed by atoms with Crippen LogP contribution in [0.3, 0.4) is 0 Å². The number of thioether (sulfide) groups is 1. The molecule has 1 aromatic rings. The maximum Gasteiger partial charge on any atom is 0.220 e. The van der Waals surface area contributed by atoms with Crippen molar-refractivity contribution >= 4 is 33.6 Å². The highest BCUT2D eigenvalue weighted by molar-refractivity contribution is 9.10. The number of nitrogens with zero attached hydrogens (tertiary/aromatic N) is 1. The average Bonchev–Trinajstić information content (AvgIpc) is 2.84. The van der Waals surface area contributed by atoms with Crippen LogP contribution in [0.1, 0.15) is 19.3 Å². The fourth-order valence-electron chi connectivity index (χ4n) is 2.35. The number of carbonyl (C=O) groups is 1. The van der Waals surface area contributed by atoms with Gasteiger partial charge in [0, 0.05) is 34.1 Å². The maximum absolute atomic E-state index is 11.8. The molecule has 110 valence electrons. The van der Waals surface area contributed by atoms with Gasteiger partial charge in [0.1, 0.15) is 0 Å². The summed E-state index contributed by atoms with van der Waals surface area (Å²) in [6.07, 6.45) is 3.03. The summed E-state index contributed by atoms with van der Waals surface area (Å²) < 4.78 is 1.08. The van der Waals surface area contributed by atoms with E-state index in [4.69, 9.17) is 0 Å². The topological polar surface area (TPSA) is 32.3 Å². The quantitative estimate of drug-likeness (QED) is 0.794. The molecular formula is C15H21BrN2OS. The van der Waals surface area contributed by atoms with E-state index in [1.807, 2.05) is 12.1 Å². The van der Waals surface area contributed by atoms with Crippen LogP contribution < -0.4 is 5.32 Å². The summed E-state index contributed by atoms with van der Waals surface area (Å²) in [6, 6.07) is 8.72. The Morgan fingerprint density at radius 1 is 1.45 bits per heavy atom. The van der Waals surface area contributed by atoms with Crippen molar-refractivity contribution in [2.24, 2.45) is 0 Å². The number of likely N-dealkylation sites (tertiary alicyclic amines) is 1. The molecule has 0 bridgehead atoms. The summed E-state index contributed by atoms with van der Waals surface area (Å²) in [4.78, 5) is 15.3. The Morgan fingerprint density at radius 3 is 2.85 bits per heavy atom. The highest BCUT2D eigenvalue weighted by Crippen LogP contribution is 2.21. The Kier molecular flexibility index (Phi) is 6.39. The van der Waals surface area contributed by atoms with Crippen LogP contribution in [-0.4, -0.2) is 42.7 Å². The Labute approximate surface area is 133 Å². The number of amides is 1. The third-order valence-corrected chi connectivity index (χ3v) is 5.16. The first-order chi connectivity index (χ1) is 9.65. The first kappa shape index (κ1) is 15.9. The molecule has 1 amide bonds. The highest BCUT2D eigenvalue weighted by Gasteiger charge is 2.20. The lowest BCUT2D eigenvalue weighted by molar-refractivity contribution is -0.120. The van der Waals surface area contributed by atoms with Crippen molar-refractivity contribution in [3.8, 4) is 0 Å². The molecule has 1 aliphatic heterocycles. The van der Waals surface area contributed by atoms with Crippen molar-refractivity contribution in [1.29, 1.82) is 0 Å². The summed E-state index contributed by atoms with van der Waals surface area (Å²) >= 11 is 5.14. The molecular weight excluding hydrogens is 336 g/mol. The van der Waals surface area contributed by atoms with Crippen LogP contribution >= 0.6 is 27.7 Å². The van der Waals surface area contributed by atoms with E-state index in [0.29, 0.717) is 12.5 Å². The van der Waals surface area contributed by atoms with Crippen LogP contribution in [0.2, 0.25) is 0 Å². The molecule has 3 nitrogen and oxygen atoms in total. The molecule has 0 spiro atoms. The molecule has 1 saturated heterocycles. The van der Waals surface area contributed by atoms with Gasteiger partial charge in [0.2, 0.25) is 5.91 Å². The van der Waals surface area contributed by atoms with Crippen LogP contribution in [0, 0.1) is 0 Å². The smallest absolute Gasteiger partial charge is 0.220 e. The van der Waals surface area contributed by atoms with E-state index in [1.165, 1.54) is 17.7 Å². The molecule has 5 heteroatoms. The van der Waals surface area contributed by atoms with Crippen LogP contribution in [-0.2, 0) is 4.79 Å². The number of hydrogen-bond acceptors (Lipinski definition) is 3. The molecule has 2 rings (SSSR count). The molecule has 1 fully saturated rings. The number of halogens is 1. The van der Waals surface area contributed by atoms with Crippen LogP contribution in [0.15, 0.2) is 33.6 Å². The number of benzene rings is 1. The van der Waals surface area contributed by atoms with E-state index in [-0.39, 0.29) is 5.91 Å². The minimum atomic E-state index is 0.162. The largest absolute Gasteiger partial charge is 0.355 e. The third-order valence-electron chi connectivity index (χ3n) is 3.62. The lowest BCUT2D eigenvalue weighted by Gasteiger charge is -2.19. The van der Waals surface area contributed by atoms with E-state index in [9.17, 15) is 4.79 Å². The van der Waals surface area contributed by atoms with Gasteiger partial charge in [0.25, 0.3) is 0 Å². The van der Waals surface area contributed by atoms with Crippen LogP contribution in [0.25, 0.3) is 0 Å². The summed E-state index contributed by atoms with van der Waals surface area (Å²) in [5.41, 5.74) is 0. The van der Waals surface area contributed by atoms with Crippen molar-refractivity contribution in [2.45, 2.75) is 30.2 Å². The number of rotatable bonds is 6. The van der Waals surface area contributed by atoms with Gasteiger partial charge in [-0.15, -0.1) is 11.8 Å². The van der Waals surface area contributed by atoms with Crippen molar-refractivity contribution in [1.82, 2.24) is 10.2 Å². The molecule has 0 aromatic heterocycles. The average molecular weight is 357 g/mol. The van der Waals surface area contributed by atoms with Crippen molar-refractivity contribution in [3.05, 3.63) is 28.7 Å². The molecule has 20 heavy (non-hydrogen) atoms. The first-order valence-electron chi connectivity index (χ1n) is 7.00. The van der Waals surface area contributed by atoms with Gasteiger partial charge in [0.15, 0.2) is 0 Å². The lowest BCUT2D eigenvalue weighted by Crippen LogP contribution is -2.38. The minimum absolute atomic E-state index is 0.162. The van der Waals surface area contributed by atoms with Gasteiger partial charge in [-0.2, -0.15) is 0 Å². The number of carbonyl (C=O) groups excluding carboxylic acids is 1. The van der Waals surface area contributed by atoms with Gasteiger partial charge >= 0.3 is 0 Å². The Balaban J connectivity index is 1.61. The van der Waals surface area contributed by atoms with E-state index in [1.54, 1.807) is 11.8 Å². The Hall–Kier alpha value is -0.520. The van der Waals surface area contributed by atoms with Gasteiger partial charge in [-0.1, -0.05) is 15.9 Å². The number of likely N-dealkylation sites (N-methyl/N-ethyl adjacent to an activating group) is 1. The third kappa shape index (κ3) is 5.11. The van der Waals surface area contributed by atoms with Crippen molar-refractivity contribution in [3.63, 3.8) is 0 Å². The second kappa shape index (κ2) is 8.05. The Morgan fingerprint density at radius 2 is 2.20 bits per heavy atom. The van der Waals surface area contributed by atoms with Gasteiger partial charge in [-0.25, -0.2) is 0 Å². The van der Waals surface area contributed by atoms with Crippen LogP contribution in [0.4, 0.5) is 0 Å². The molecule has 1 aromatic carbocycles. The second-order valence-electron chi connectivity index (χ2n) is 5.13. The summed E-state index contributed by atoms with van der Waals surface area (Å²) in [6.45, 7) is 1.94. The fraction of sp³-hybridized carbons (Fsp3) is 0.533. The Bertz CT molecular complexity index is 438.